The number of nitrogens with zero attached hydrogens (tertiary/aromatic N) is 1. The van der Waals surface area contributed by atoms with Crippen LogP contribution in [0.3, 0.4) is 0 Å². The van der Waals surface area contributed by atoms with E-state index in [1.165, 1.54) is 0 Å². The van der Waals surface area contributed by atoms with E-state index >= 15 is 0 Å². The Hall–Kier alpha value is -0.850. The number of sulfonamides is 1. The van der Waals surface area contributed by atoms with E-state index in [-0.39, 0.29) is 17.9 Å². The summed E-state index contributed by atoms with van der Waals surface area (Å²) in [5.74, 6) is 0.757. The van der Waals surface area contributed by atoms with Crippen LogP contribution in [0, 0.1) is 0 Å². The molecule has 1 aromatic rings. The van der Waals surface area contributed by atoms with Crippen LogP contribution in [0.2, 0.25) is 5.02 Å². The fourth-order valence-corrected chi connectivity index (χ4v) is 3.99. The molecule has 1 fully saturated rings. The van der Waals surface area contributed by atoms with Crippen LogP contribution < -0.4 is 9.46 Å². The summed E-state index contributed by atoms with van der Waals surface area (Å²) < 4.78 is 32.0. The first-order chi connectivity index (χ1) is 9.98. The number of pyridine rings is 1. The van der Waals surface area contributed by atoms with Crippen molar-refractivity contribution in [2.45, 2.75) is 51.2 Å². The van der Waals surface area contributed by atoms with E-state index in [0.29, 0.717) is 17.3 Å². The van der Waals surface area contributed by atoms with Gasteiger partial charge in [0.25, 0.3) is 0 Å². The summed E-state index contributed by atoms with van der Waals surface area (Å²) in [7, 11) is -3.13. The molecule has 0 atom stereocenters. The summed E-state index contributed by atoms with van der Waals surface area (Å²) in [5.41, 5.74) is 0. The molecule has 0 saturated heterocycles. The number of ether oxygens (including phenoxy) is 1. The maximum atomic E-state index is 11.7. The quantitative estimate of drug-likeness (QED) is 0.869. The molecule has 21 heavy (non-hydrogen) atoms. The highest BCUT2D eigenvalue weighted by molar-refractivity contribution is 7.89. The Bertz CT molecular complexity index is 540. The van der Waals surface area contributed by atoms with Crippen molar-refractivity contribution in [2.24, 2.45) is 0 Å². The Morgan fingerprint density at radius 2 is 2.05 bits per heavy atom. The van der Waals surface area contributed by atoms with Crippen molar-refractivity contribution in [3.05, 3.63) is 23.4 Å². The summed E-state index contributed by atoms with van der Waals surface area (Å²) >= 11 is 5.78. The molecule has 0 aromatic carbocycles. The molecule has 0 spiro atoms. The molecular weight excluding hydrogens is 312 g/mol. The standard InChI is InChI=1S/C14H21ClN2O3S/c1-2-9-21(18,19)17-12-4-6-13(7-5-12)20-14-8-3-11(15)10-16-14/h3,8,10,12-13,17H,2,4-7,9H2,1H3. The van der Waals surface area contributed by atoms with Gasteiger partial charge in [0.15, 0.2) is 0 Å². The molecule has 1 aromatic heterocycles. The molecule has 0 aliphatic heterocycles. The van der Waals surface area contributed by atoms with E-state index in [1.807, 2.05) is 6.92 Å². The van der Waals surface area contributed by atoms with E-state index in [9.17, 15) is 8.42 Å². The van der Waals surface area contributed by atoms with Crippen molar-refractivity contribution >= 4 is 21.6 Å². The monoisotopic (exact) mass is 332 g/mol. The first kappa shape index (κ1) is 16.5. The average molecular weight is 333 g/mol. The average Bonchev–Trinajstić information content (AvgIpc) is 2.43. The van der Waals surface area contributed by atoms with Gasteiger partial charge >= 0.3 is 0 Å². The second kappa shape index (κ2) is 7.42. The van der Waals surface area contributed by atoms with Crippen molar-refractivity contribution < 1.29 is 13.2 Å². The lowest BCUT2D eigenvalue weighted by Gasteiger charge is -2.29. The van der Waals surface area contributed by atoms with Gasteiger partial charge in [-0.05, 0) is 38.2 Å². The minimum absolute atomic E-state index is 0.0274. The van der Waals surface area contributed by atoms with E-state index < -0.39 is 10.0 Å². The smallest absolute Gasteiger partial charge is 0.213 e. The van der Waals surface area contributed by atoms with Gasteiger partial charge in [0.1, 0.15) is 6.10 Å². The van der Waals surface area contributed by atoms with Crippen molar-refractivity contribution in [1.29, 1.82) is 0 Å². The number of halogens is 1. The van der Waals surface area contributed by atoms with Gasteiger partial charge in [-0.3, -0.25) is 0 Å². The summed E-state index contributed by atoms with van der Waals surface area (Å²) in [6.07, 6.45) is 5.51. The number of hydrogen-bond donors (Lipinski definition) is 1. The predicted octanol–water partition coefficient (Wildman–Crippen LogP) is 2.75. The lowest BCUT2D eigenvalue weighted by molar-refractivity contribution is 0.138. The van der Waals surface area contributed by atoms with Crippen LogP contribution >= 0.6 is 11.6 Å². The molecule has 1 heterocycles. The third kappa shape index (κ3) is 5.45. The van der Waals surface area contributed by atoms with Gasteiger partial charge in [-0.25, -0.2) is 18.1 Å². The maximum Gasteiger partial charge on any atom is 0.213 e. The SMILES string of the molecule is CCCS(=O)(=O)NC1CCC(Oc2ccc(Cl)cn2)CC1. The normalized spacial score (nSPS) is 23.0. The molecule has 0 bridgehead atoms. The second-order valence-corrected chi connectivity index (χ2v) is 7.65. The molecule has 5 nitrogen and oxygen atoms in total. The zero-order valence-electron chi connectivity index (χ0n) is 12.1. The first-order valence-corrected chi connectivity index (χ1v) is 9.30. The maximum absolute atomic E-state index is 11.7. The molecule has 0 amide bonds. The fraction of sp³-hybridized carbons (Fsp3) is 0.643. The summed E-state index contributed by atoms with van der Waals surface area (Å²) in [5, 5.41) is 0.580. The number of nitrogens with one attached hydrogen (secondary N) is 1. The van der Waals surface area contributed by atoms with E-state index in [1.54, 1.807) is 18.3 Å². The van der Waals surface area contributed by atoms with Gasteiger partial charge < -0.3 is 4.74 Å². The molecule has 7 heteroatoms. The largest absolute Gasteiger partial charge is 0.474 e. The molecule has 1 aliphatic rings. The fourth-order valence-electron chi connectivity index (χ4n) is 2.48. The third-order valence-corrected chi connectivity index (χ3v) is 5.34. The predicted molar refractivity (Wildman–Crippen MR) is 83.1 cm³/mol. The van der Waals surface area contributed by atoms with Crippen molar-refractivity contribution in [3.63, 3.8) is 0 Å². The minimum atomic E-state index is -3.13. The highest BCUT2D eigenvalue weighted by Crippen LogP contribution is 2.24. The topological polar surface area (TPSA) is 68.3 Å². The molecular formula is C14H21ClN2O3S. The van der Waals surface area contributed by atoms with Crippen LogP contribution in [0.25, 0.3) is 0 Å². The zero-order valence-corrected chi connectivity index (χ0v) is 13.7. The summed E-state index contributed by atoms with van der Waals surface area (Å²) in [6.45, 7) is 1.86. The third-order valence-electron chi connectivity index (χ3n) is 3.48. The molecule has 0 unspecified atom stereocenters. The van der Waals surface area contributed by atoms with Gasteiger partial charge in [-0.1, -0.05) is 18.5 Å². The van der Waals surface area contributed by atoms with Gasteiger partial charge in [-0.15, -0.1) is 0 Å². The molecule has 1 saturated carbocycles. The second-order valence-electron chi connectivity index (χ2n) is 5.34. The minimum Gasteiger partial charge on any atom is -0.474 e. The summed E-state index contributed by atoms with van der Waals surface area (Å²) in [6, 6.07) is 3.52. The molecule has 0 radical (unpaired) electrons. The highest BCUT2D eigenvalue weighted by Gasteiger charge is 2.25. The van der Waals surface area contributed by atoms with E-state index in [2.05, 4.69) is 9.71 Å². The van der Waals surface area contributed by atoms with E-state index in [4.69, 9.17) is 16.3 Å². The van der Waals surface area contributed by atoms with Crippen LogP contribution in [0.5, 0.6) is 5.88 Å². The van der Waals surface area contributed by atoms with Crippen LogP contribution in [0.15, 0.2) is 18.3 Å². The van der Waals surface area contributed by atoms with Crippen LogP contribution in [-0.2, 0) is 10.0 Å². The van der Waals surface area contributed by atoms with Crippen LogP contribution in [-0.4, -0.2) is 31.3 Å². The van der Waals surface area contributed by atoms with Crippen molar-refractivity contribution in [3.8, 4) is 5.88 Å². The van der Waals surface area contributed by atoms with Crippen LogP contribution in [0.4, 0.5) is 0 Å². The van der Waals surface area contributed by atoms with Gasteiger partial charge in [0, 0.05) is 18.3 Å². The van der Waals surface area contributed by atoms with Gasteiger partial charge in [0.05, 0.1) is 10.8 Å². The Morgan fingerprint density at radius 3 is 2.62 bits per heavy atom. The molecule has 2 rings (SSSR count). The Morgan fingerprint density at radius 1 is 1.33 bits per heavy atom. The van der Waals surface area contributed by atoms with Crippen molar-refractivity contribution in [1.82, 2.24) is 9.71 Å². The van der Waals surface area contributed by atoms with E-state index in [0.717, 1.165) is 25.7 Å². The molecule has 1 N–H and O–H groups in total. The van der Waals surface area contributed by atoms with Gasteiger partial charge in [0.2, 0.25) is 15.9 Å². The van der Waals surface area contributed by atoms with Crippen LogP contribution in [0.1, 0.15) is 39.0 Å². The Balaban J connectivity index is 1.79. The summed E-state index contributed by atoms with van der Waals surface area (Å²) in [4.78, 5) is 4.11. The number of aromatic nitrogens is 1. The van der Waals surface area contributed by atoms with Crippen molar-refractivity contribution in [2.75, 3.05) is 5.75 Å². The molecule has 118 valence electrons. The number of rotatable bonds is 6. The zero-order chi connectivity index (χ0) is 15.3. The van der Waals surface area contributed by atoms with Gasteiger partial charge in [-0.2, -0.15) is 0 Å². The first-order valence-electron chi connectivity index (χ1n) is 7.26. The molecule has 1 aliphatic carbocycles. The Labute approximate surface area is 131 Å². The Kier molecular flexibility index (Phi) is 5.84. The lowest BCUT2D eigenvalue weighted by Crippen LogP contribution is -2.40. The highest BCUT2D eigenvalue weighted by atomic mass is 35.5. The number of hydrogen-bond acceptors (Lipinski definition) is 4. The lowest BCUT2D eigenvalue weighted by atomic mass is 9.94.